The fraction of sp³-hybridized carbons (Fsp3) is 0.615. The van der Waals surface area contributed by atoms with Crippen LogP contribution in [0.2, 0.25) is 0 Å². The lowest BCUT2D eigenvalue weighted by Gasteiger charge is -2.26. The van der Waals surface area contributed by atoms with E-state index in [1.54, 1.807) is 19.1 Å². The molecule has 4 nitrogen and oxygen atoms in total. The Labute approximate surface area is 107 Å². The molecular weight excluding hydrogens is 252 g/mol. The Balaban J connectivity index is 2.12. The van der Waals surface area contributed by atoms with Crippen molar-refractivity contribution in [1.29, 1.82) is 0 Å². The number of rotatable bonds is 3. The van der Waals surface area contributed by atoms with Gasteiger partial charge >= 0.3 is 0 Å². The van der Waals surface area contributed by atoms with Crippen LogP contribution in [0.4, 0.5) is 0 Å². The molecule has 0 spiro atoms. The molecule has 2 rings (SSSR count). The van der Waals surface area contributed by atoms with Crippen LogP contribution in [0.15, 0.2) is 16.5 Å². The Morgan fingerprint density at radius 1 is 1.33 bits per heavy atom. The number of carbonyl (C=O) groups excluding carboxylic acids is 1. The van der Waals surface area contributed by atoms with Gasteiger partial charge in [0.05, 0.1) is 5.25 Å². The lowest BCUT2D eigenvalue weighted by molar-refractivity contribution is 0.0860. The molecule has 1 aliphatic rings. The Hall–Kier alpha value is -1.10. The lowest BCUT2D eigenvalue weighted by atomic mass is 9.85. The van der Waals surface area contributed by atoms with E-state index in [1.165, 1.54) is 6.26 Å². The summed E-state index contributed by atoms with van der Waals surface area (Å²) >= 11 is 0. The zero-order valence-corrected chi connectivity index (χ0v) is 11.5. The van der Waals surface area contributed by atoms with Gasteiger partial charge in [0, 0.05) is 12.2 Å². The van der Waals surface area contributed by atoms with Gasteiger partial charge in [-0.05, 0) is 38.3 Å². The molecule has 0 amide bonds. The number of furan rings is 1. The molecule has 0 bridgehead atoms. The van der Waals surface area contributed by atoms with Crippen molar-refractivity contribution in [2.45, 2.75) is 37.9 Å². The van der Waals surface area contributed by atoms with Crippen LogP contribution in [0.25, 0.3) is 0 Å². The minimum atomic E-state index is -3.05. The summed E-state index contributed by atoms with van der Waals surface area (Å²) in [5, 5.41) is -0.378. The molecular formula is C13H18O4S. The number of sulfone groups is 1. The Morgan fingerprint density at radius 2 is 2.06 bits per heavy atom. The molecule has 2 unspecified atom stereocenters. The van der Waals surface area contributed by atoms with E-state index in [1.807, 2.05) is 0 Å². The topological polar surface area (TPSA) is 64.3 Å². The maximum Gasteiger partial charge on any atom is 0.201 e. The molecule has 1 aromatic heterocycles. The second kappa shape index (κ2) is 4.88. The largest absolute Gasteiger partial charge is 0.458 e. The fourth-order valence-corrected chi connectivity index (χ4v) is 3.72. The number of carbonyl (C=O) groups is 1. The monoisotopic (exact) mass is 270 g/mol. The average molecular weight is 270 g/mol. The normalized spacial score (nSPS) is 25.0. The SMILES string of the molecule is Cc1ccc(C(=O)C2CCCC(S(C)(=O)=O)C2)o1. The van der Waals surface area contributed by atoms with E-state index < -0.39 is 9.84 Å². The van der Waals surface area contributed by atoms with Crippen LogP contribution < -0.4 is 0 Å². The van der Waals surface area contributed by atoms with E-state index in [0.717, 1.165) is 12.8 Å². The molecule has 0 saturated heterocycles. The highest BCUT2D eigenvalue weighted by Gasteiger charge is 2.33. The van der Waals surface area contributed by atoms with E-state index in [4.69, 9.17) is 4.42 Å². The summed E-state index contributed by atoms with van der Waals surface area (Å²) in [6.45, 7) is 1.79. The van der Waals surface area contributed by atoms with Crippen LogP contribution in [0, 0.1) is 12.8 Å². The zero-order valence-electron chi connectivity index (χ0n) is 10.7. The summed E-state index contributed by atoms with van der Waals surface area (Å²) in [6, 6.07) is 3.42. The van der Waals surface area contributed by atoms with E-state index in [-0.39, 0.29) is 17.0 Å². The second-order valence-corrected chi connectivity index (χ2v) is 7.42. The Bertz CT molecular complexity index is 541. The highest BCUT2D eigenvalue weighted by molar-refractivity contribution is 7.91. The first-order chi connectivity index (χ1) is 8.38. The van der Waals surface area contributed by atoms with Crippen LogP contribution in [0.5, 0.6) is 0 Å². The van der Waals surface area contributed by atoms with E-state index in [0.29, 0.717) is 24.4 Å². The first kappa shape index (κ1) is 13.3. The van der Waals surface area contributed by atoms with Crippen molar-refractivity contribution >= 4 is 15.6 Å². The molecule has 0 aromatic carbocycles. The minimum absolute atomic E-state index is 0.0588. The average Bonchev–Trinajstić information content (AvgIpc) is 2.74. The van der Waals surface area contributed by atoms with Gasteiger partial charge in [-0.25, -0.2) is 8.42 Å². The number of aryl methyl sites for hydroxylation is 1. The van der Waals surface area contributed by atoms with Gasteiger partial charge in [0.2, 0.25) is 5.78 Å². The zero-order chi connectivity index (χ0) is 13.3. The maximum atomic E-state index is 12.2. The summed E-state index contributed by atoms with van der Waals surface area (Å²) < 4.78 is 28.4. The molecule has 0 radical (unpaired) electrons. The van der Waals surface area contributed by atoms with Gasteiger partial charge in [0.15, 0.2) is 5.76 Å². The van der Waals surface area contributed by atoms with Crippen molar-refractivity contribution in [3.63, 3.8) is 0 Å². The molecule has 0 aliphatic heterocycles. The number of Topliss-reactive ketones (excluding diaryl/α,β-unsaturated/α-hetero) is 1. The molecule has 1 aliphatic carbocycles. The Kier molecular flexibility index (Phi) is 3.61. The van der Waals surface area contributed by atoms with Crippen molar-refractivity contribution in [3.8, 4) is 0 Å². The summed E-state index contributed by atoms with van der Waals surface area (Å²) in [5.41, 5.74) is 0. The minimum Gasteiger partial charge on any atom is -0.458 e. The van der Waals surface area contributed by atoms with Crippen LogP contribution in [-0.4, -0.2) is 25.7 Å². The second-order valence-electron chi connectivity index (χ2n) is 5.09. The number of hydrogen-bond acceptors (Lipinski definition) is 4. The maximum absolute atomic E-state index is 12.2. The molecule has 1 heterocycles. The van der Waals surface area contributed by atoms with Crippen molar-refractivity contribution in [2.24, 2.45) is 5.92 Å². The predicted molar refractivity (Wildman–Crippen MR) is 68.4 cm³/mol. The van der Waals surface area contributed by atoms with Gasteiger partial charge in [-0.1, -0.05) is 6.42 Å². The predicted octanol–water partition coefficient (Wildman–Crippen LogP) is 2.37. The van der Waals surface area contributed by atoms with E-state index >= 15 is 0 Å². The molecule has 1 fully saturated rings. The van der Waals surface area contributed by atoms with Gasteiger partial charge in [-0.3, -0.25) is 4.79 Å². The van der Waals surface area contributed by atoms with Gasteiger partial charge in [0.25, 0.3) is 0 Å². The van der Waals surface area contributed by atoms with E-state index in [2.05, 4.69) is 0 Å². The molecule has 5 heteroatoms. The van der Waals surface area contributed by atoms with Gasteiger partial charge in [0.1, 0.15) is 15.6 Å². The van der Waals surface area contributed by atoms with Gasteiger partial charge < -0.3 is 4.42 Å². The molecule has 18 heavy (non-hydrogen) atoms. The third kappa shape index (κ3) is 2.83. The standard InChI is InChI=1S/C13H18O4S/c1-9-6-7-12(17-9)13(14)10-4-3-5-11(8-10)18(2,15)16/h6-7,10-11H,3-5,8H2,1-2H3. The van der Waals surface area contributed by atoms with Crippen molar-refractivity contribution in [2.75, 3.05) is 6.26 Å². The highest BCUT2D eigenvalue weighted by atomic mass is 32.2. The molecule has 0 N–H and O–H groups in total. The third-order valence-electron chi connectivity index (χ3n) is 3.59. The fourth-order valence-electron chi connectivity index (χ4n) is 2.54. The van der Waals surface area contributed by atoms with E-state index in [9.17, 15) is 13.2 Å². The summed E-state index contributed by atoms with van der Waals surface area (Å²) in [5.74, 6) is 0.779. The van der Waals surface area contributed by atoms with Crippen LogP contribution in [0.3, 0.4) is 0 Å². The summed E-state index contributed by atoms with van der Waals surface area (Å²) in [7, 11) is -3.05. The van der Waals surface area contributed by atoms with Crippen LogP contribution in [0.1, 0.15) is 42.0 Å². The van der Waals surface area contributed by atoms with Gasteiger partial charge in [-0.2, -0.15) is 0 Å². The van der Waals surface area contributed by atoms with Crippen LogP contribution in [-0.2, 0) is 9.84 Å². The smallest absolute Gasteiger partial charge is 0.201 e. The summed E-state index contributed by atoms with van der Waals surface area (Å²) in [4.78, 5) is 12.2. The van der Waals surface area contributed by atoms with Gasteiger partial charge in [-0.15, -0.1) is 0 Å². The van der Waals surface area contributed by atoms with Crippen molar-refractivity contribution in [3.05, 3.63) is 23.7 Å². The quantitative estimate of drug-likeness (QED) is 0.791. The molecule has 1 saturated carbocycles. The molecule has 100 valence electrons. The molecule has 2 atom stereocenters. The number of hydrogen-bond donors (Lipinski definition) is 0. The summed E-state index contributed by atoms with van der Waals surface area (Å²) in [6.07, 6.45) is 3.89. The third-order valence-corrected chi connectivity index (χ3v) is 5.22. The Morgan fingerprint density at radius 3 is 2.61 bits per heavy atom. The highest BCUT2D eigenvalue weighted by Crippen LogP contribution is 2.31. The first-order valence-corrected chi connectivity index (χ1v) is 8.13. The van der Waals surface area contributed by atoms with Crippen LogP contribution >= 0.6 is 0 Å². The first-order valence-electron chi connectivity index (χ1n) is 6.17. The molecule has 1 aromatic rings. The van der Waals surface area contributed by atoms with Crippen molar-refractivity contribution in [1.82, 2.24) is 0 Å². The lowest BCUT2D eigenvalue weighted by Crippen LogP contribution is -2.31. The van der Waals surface area contributed by atoms with Crippen molar-refractivity contribution < 1.29 is 17.6 Å². The number of ketones is 1.